The Labute approximate surface area is 153 Å². The highest BCUT2D eigenvalue weighted by Crippen LogP contribution is 2.19. The zero-order chi connectivity index (χ0) is 18.7. The summed E-state index contributed by atoms with van der Waals surface area (Å²) in [5.74, 6) is -1.94. The summed E-state index contributed by atoms with van der Waals surface area (Å²) in [6.07, 6.45) is -0.0523. The fraction of sp³-hybridized carbons (Fsp3) is 0.211. The molecule has 0 radical (unpaired) electrons. The SMILES string of the molecule is CCOC(=O)C(=O)Cc1cccc(Cn2c(=O)oc3cc(Cl)ccc32)c1. The molecular weight excluding hydrogens is 358 g/mol. The number of nitrogens with zero attached hydrogens (tertiary/aromatic N) is 1. The van der Waals surface area contributed by atoms with Gasteiger partial charge >= 0.3 is 11.7 Å². The molecule has 0 saturated heterocycles. The van der Waals surface area contributed by atoms with Crippen LogP contribution in [-0.2, 0) is 27.3 Å². The van der Waals surface area contributed by atoms with Gasteiger partial charge in [-0.15, -0.1) is 0 Å². The van der Waals surface area contributed by atoms with Crippen molar-refractivity contribution >= 4 is 34.5 Å². The molecule has 7 heteroatoms. The molecule has 0 atom stereocenters. The Morgan fingerprint density at radius 3 is 2.69 bits per heavy atom. The van der Waals surface area contributed by atoms with E-state index in [1.165, 1.54) is 4.57 Å². The molecule has 0 fully saturated rings. The van der Waals surface area contributed by atoms with Crippen molar-refractivity contribution in [1.82, 2.24) is 4.57 Å². The van der Waals surface area contributed by atoms with Gasteiger partial charge in [0.25, 0.3) is 0 Å². The Hall–Kier alpha value is -2.86. The van der Waals surface area contributed by atoms with Gasteiger partial charge in [0.15, 0.2) is 5.58 Å². The lowest BCUT2D eigenvalue weighted by Gasteiger charge is -2.06. The van der Waals surface area contributed by atoms with Gasteiger partial charge in [-0.1, -0.05) is 35.9 Å². The molecule has 0 amide bonds. The van der Waals surface area contributed by atoms with Crippen LogP contribution >= 0.6 is 11.6 Å². The molecule has 0 N–H and O–H groups in total. The van der Waals surface area contributed by atoms with Crippen LogP contribution in [0, 0.1) is 0 Å². The molecule has 0 unspecified atom stereocenters. The van der Waals surface area contributed by atoms with E-state index in [9.17, 15) is 14.4 Å². The highest BCUT2D eigenvalue weighted by atomic mass is 35.5. The van der Waals surface area contributed by atoms with Crippen LogP contribution in [0.25, 0.3) is 11.1 Å². The summed E-state index contributed by atoms with van der Waals surface area (Å²) in [5.41, 5.74) is 2.52. The number of ketones is 1. The van der Waals surface area contributed by atoms with Crippen molar-refractivity contribution in [2.45, 2.75) is 19.9 Å². The lowest BCUT2D eigenvalue weighted by molar-refractivity contribution is -0.153. The van der Waals surface area contributed by atoms with E-state index < -0.39 is 17.5 Å². The smallest absolute Gasteiger partial charge is 0.420 e. The number of halogens is 1. The average Bonchev–Trinajstić information content (AvgIpc) is 2.90. The maximum atomic E-state index is 12.1. The zero-order valence-corrected chi connectivity index (χ0v) is 14.8. The van der Waals surface area contributed by atoms with Gasteiger partial charge in [0.1, 0.15) is 0 Å². The highest BCUT2D eigenvalue weighted by Gasteiger charge is 2.16. The van der Waals surface area contributed by atoms with Crippen LogP contribution in [-0.4, -0.2) is 22.9 Å². The van der Waals surface area contributed by atoms with E-state index >= 15 is 0 Å². The Bertz CT molecular complexity index is 1030. The van der Waals surface area contributed by atoms with Crippen molar-refractivity contribution in [2.75, 3.05) is 6.61 Å². The van der Waals surface area contributed by atoms with Crippen molar-refractivity contribution in [3.63, 3.8) is 0 Å². The number of rotatable bonds is 6. The first-order valence-electron chi connectivity index (χ1n) is 8.04. The molecule has 0 spiro atoms. The molecule has 3 aromatic rings. The molecule has 0 aliphatic carbocycles. The molecule has 6 nitrogen and oxygen atoms in total. The molecule has 3 rings (SSSR count). The number of carbonyl (C=O) groups excluding carboxylic acids is 2. The molecule has 0 bridgehead atoms. The maximum absolute atomic E-state index is 12.1. The second kappa shape index (κ2) is 7.58. The van der Waals surface area contributed by atoms with Gasteiger partial charge < -0.3 is 9.15 Å². The summed E-state index contributed by atoms with van der Waals surface area (Å²) in [6, 6.07) is 12.1. The molecule has 0 aliphatic heterocycles. The molecule has 1 heterocycles. The van der Waals surface area contributed by atoms with Gasteiger partial charge in [-0.25, -0.2) is 9.59 Å². The Balaban J connectivity index is 1.84. The van der Waals surface area contributed by atoms with E-state index in [0.717, 1.165) is 5.56 Å². The third-order valence-corrected chi connectivity index (χ3v) is 4.07. The van der Waals surface area contributed by atoms with Crippen LogP contribution < -0.4 is 5.76 Å². The molecule has 0 aliphatic rings. The second-order valence-corrected chi connectivity index (χ2v) is 6.14. The number of hydrogen-bond acceptors (Lipinski definition) is 5. The summed E-state index contributed by atoms with van der Waals surface area (Å²) >= 11 is 5.92. The van der Waals surface area contributed by atoms with Crippen LogP contribution in [0.5, 0.6) is 0 Å². The molecule has 134 valence electrons. The number of oxazole rings is 1. The first-order chi connectivity index (χ1) is 12.5. The first kappa shape index (κ1) is 17.9. The van der Waals surface area contributed by atoms with Crippen molar-refractivity contribution < 1.29 is 18.7 Å². The van der Waals surface area contributed by atoms with E-state index in [0.29, 0.717) is 21.7 Å². The van der Waals surface area contributed by atoms with Crippen molar-refractivity contribution in [3.8, 4) is 0 Å². The van der Waals surface area contributed by atoms with Crippen LogP contribution in [0.1, 0.15) is 18.1 Å². The van der Waals surface area contributed by atoms with Crippen LogP contribution in [0.2, 0.25) is 5.02 Å². The summed E-state index contributed by atoms with van der Waals surface area (Å²) in [6.45, 7) is 2.08. The third-order valence-electron chi connectivity index (χ3n) is 3.83. The standard InChI is InChI=1S/C19H16ClNO5/c1-2-25-18(23)16(22)9-12-4-3-5-13(8-12)11-21-15-7-6-14(20)10-17(15)26-19(21)24/h3-8,10H,2,9,11H2,1H3. The molecule has 0 saturated carbocycles. The highest BCUT2D eigenvalue weighted by molar-refractivity contribution is 6.34. The normalized spacial score (nSPS) is 10.8. The molecule has 26 heavy (non-hydrogen) atoms. The van der Waals surface area contributed by atoms with Crippen LogP contribution in [0.4, 0.5) is 0 Å². The number of Topliss-reactive ketones (excluding diaryl/α,β-unsaturated/α-hetero) is 1. The fourth-order valence-electron chi connectivity index (χ4n) is 2.68. The van der Waals surface area contributed by atoms with Gasteiger partial charge in [-0.05, 0) is 30.2 Å². The number of carbonyl (C=O) groups is 2. The predicted molar refractivity (Wildman–Crippen MR) is 96.4 cm³/mol. The van der Waals surface area contributed by atoms with E-state index in [1.807, 2.05) is 6.07 Å². The largest absolute Gasteiger partial charge is 0.460 e. The summed E-state index contributed by atoms with van der Waals surface area (Å²) < 4.78 is 11.4. The molecule has 2 aromatic carbocycles. The van der Waals surface area contributed by atoms with E-state index in [-0.39, 0.29) is 19.6 Å². The Morgan fingerprint density at radius 1 is 1.15 bits per heavy atom. The fourth-order valence-corrected chi connectivity index (χ4v) is 2.84. The number of benzene rings is 2. The van der Waals surface area contributed by atoms with Gasteiger partial charge in [0.2, 0.25) is 5.78 Å². The minimum Gasteiger partial charge on any atom is -0.460 e. The predicted octanol–water partition coefficient (Wildman–Crippen LogP) is 2.97. The van der Waals surface area contributed by atoms with Crippen LogP contribution in [0.15, 0.2) is 51.7 Å². The number of esters is 1. The summed E-state index contributed by atoms with van der Waals surface area (Å²) in [7, 11) is 0. The minimum absolute atomic E-state index is 0.0523. The Kier molecular flexibility index (Phi) is 5.23. The second-order valence-electron chi connectivity index (χ2n) is 5.71. The lowest BCUT2D eigenvalue weighted by Crippen LogP contribution is -2.19. The van der Waals surface area contributed by atoms with Gasteiger partial charge in [-0.2, -0.15) is 0 Å². The first-order valence-corrected chi connectivity index (χ1v) is 8.42. The third kappa shape index (κ3) is 3.86. The molecule has 1 aromatic heterocycles. The van der Waals surface area contributed by atoms with Gasteiger partial charge in [-0.3, -0.25) is 9.36 Å². The van der Waals surface area contributed by atoms with E-state index in [1.54, 1.807) is 43.3 Å². The average molecular weight is 374 g/mol. The number of aromatic nitrogens is 1. The van der Waals surface area contributed by atoms with Gasteiger partial charge in [0, 0.05) is 17.5 Å². The number of fused-ring (bicyclic) bond motifs is 1. The topological polar surface area (TPSA) is 78.5 Å². The zero-order valence-electron chi connectivity index (χ0n) is 14.0. The summed E-state index contributed by atoms with van der Waals surface area (Å²) in [4.78, 5) is 35.4. The Morgan fingerprint density at radius 2 is 1.92 bits per heavy atom. The van der Waals surface area contributed by atoms with Gasteiger partial charge in [0.05, 0.1) is 18.7 Å². The van der Waals surface area contributed by atoms with Crippen molar-refractivity contribution in [3.05, 3.63) is 69.2 Å². The van der Waals surface area contributed by atoms with Crippen LogP contribution in [0.3, 0.4) is 0 Å². The van der Waals surface area contributed by atoms with E-state index in [4.69, 9.17) is 20.8 Å². The monoisotopic (exact) mass is 373 g/mol. The summed E-state index contributed by atoms with van der Waals surface area (Å²) in [5, 5.41) is 0.484. The molecular formula is C19H16ClNO5. The van der Waals surface area contributed by atoms with E-state index in [2.05, 4.69) is 0 Å². The lowest BCUT2D eigenvalue weighted by atomic mass is 10.1. The quantitative estimate of drug-likeness (QED) is 0.490. The number of ether oxygens (including phenoxy) is 1. The van der Waals surface area contributed by atoms with Crippen molar-refractivity contribution in [2.24, 2.45) is 0 Å². The minimum atomic E-state index is -0.841. The maximum Gasteiger partial charge on any atom is 0.420 e. The van der Waals surface area contributed by atoms with Crippen molar-refractivity contribution in [1.29, 1.82) is 0 Å². The number of hydrogen-bond donors (Lipinski definition) is 0.